The topological polar surface area (TPSA) is 98.2 Å². The fourth-order valence-corrected chi connectivity index (χ4v) is 3.88. The Hall–Kier alpha value is -3.84. The number of likely N-dealkylation sites (N-methyl/N-ethyl adjacent to an activating group) is 1. The molecular weight excluding hydrogens is 425 g/mol. The second-order valence-electron chi connectivity index (χ2n) is 7.21. The van der Waals surface area contributed by atoms with Crippen LogP contribution in [0.2, 0.25) is 0 Å². The first-order valence-corrected chi connectivity index (χ1v) is 9.72. The molecule has 1 aliphatic heterocycles. The highest BCUT2D eigenvalue weighted by Crippen LogP contribution is 2.34. The van der Waals surface area contributed by atoms with Gasteiger partial charge in [0.1, 0.15) is 11.9 Å². The van der Waals surface area contributed by atoms with Crippen LogP contribution in [0.15, 0.2) is 35.1 Å². The normalized spacial score (nSPS) is 15.2. The summed E-state index contributed by atoms with van der Waals surface area (Å²) in [6, 6.07) is 5.77. The number of rotatable bonds is 3. The lowest BCUT2D eigenvalue weighted by Gasteiger charge is -2.35. The first-order valence-electron chi connectivity index (χ1n) is 9.72. The highest BCUT2D eigenvalue weighted by Gasteiger charge is 2.32. The van der Waals surface area contributed by atoms with E-state index in [4.69, 9.17) is 10.00 Å². The van der Waals surface area contributed by atoms with Gasteiger partial charge in [-0.3, -0.25) is 4.79 Å². The van der Waals surface area contributed by atoms with Crippen molar-refractivity contribution in [2.24, 2.45) is 0 Å². The van der Waals surface area contributed by atoms with Crippen LogP contribution in [0, 0.1) is 28.8 Å². The minimum absolute atomic E-state index is 0.0387. The van der Waals surface area contributed by atoms with Gasteiger partial charge in [0.25, 0.3) is 5.56 Å². The number of H-pyrrole nitrogens is 1. The van der Waals surface area contributed by atoms with Crippen LogP contribution in [0.1, 0.15) is 29.8 Å². The molecule has 1 atom stereocenters. The van der Waals surface area contributed by atoms with Gasteiger partial charge in [0, 0.05) is 23.5 Å². The van der Waals surface area contributed by atoms with Crippen molar-refractivity contribution in [3.05, 3.63) is 75.0 Å². The van der Waals surface area contributed by atoms with Crippen molar-refractivity contribution in [2.75, 3.05) is 18.5 Å². The van der Waals surface area contributed by atoms with Crippen molar-refractivity contribution < 1.29 is 22.7 Å². The Labute approximate surface area is 180 Å². The Morgan fingerprint density at radius 1 is 1.22 bits per heavy atom. The third-order valence-electron chi connectivity index (χ3n) is 5.36. The SMILES string of the molecule is CCN(C(=O)Nc1ccc(F)c(C#N)c1)C1COCc2[nH]c(=O)c3cc(F)c(F)cc3c21. The number of carbonyl (C=O) groups excluding carboxylic acids is 1. The molecule has 2 heterocycles. The van der Waals surface area contributed by atoms with Gasteiger partial charge in [0.2, 0.25) is 0 Å². The molecule has 2 aromatic carbocycles. The lowest BCUT2D eigenvalue weighted by Crippen LogP contribution is -2.42. The van der Waals surface area contributed by atoms with Crippen molar-refractivity contribution in [1.29, 1.82) is 5.26 Å². The highest BCUT2D eigenvalue weighted by molar-refractivity contribution is 5.91. The van der Waals surface area contributed by atoms with Gasteiger partial charge in [-0.05, 0) is 42.6 Å². The lowest BCUT2D eigenvalue weighted by atomic mass is 9.95. The van der Waals surface area contributed by atoms with Gasteiger partial charge < -0.3 is 19.9 Å². The minimum atomic E-state index is -1.15. The summed E-state index contributed by atoms with van der Waals surface area (Å²) in [6.07, 6.45) is 0. The van der Waals surface area contributed by atoms with E-state index < -0.39 is 35.1 Å². The number of anilines is 1. The maximum absolute atomic E-state index is 14.0. The van der Waals surface area contributed by atoms with Gasteiger partial charge in [0.15, 0.2) is 11.6 Å². The predicted molar refractivity (Wildman–Crippen MR) is 109 cm³/mol. The van der Waals surface area contributed by atoms with E-state index in [1.807, 2.05) is 0 Å². The first kappa shape index (κ1) is 21.4. The summed E-state index contributed by atoms with van der Waals surface area (Å²) in [6.45, 7) is 2.02. The van der Waals surface area contributed by atoms with Crippen LogP contribution in [0.3, 0.4) is 0 Å². The maximum Gasteiger partial charge on any atom is 0.322 e. The average molecular weight is 442 g/mol. The Morgan fingerprint density at radius 2 is 1.94 bits per heavy atom. The number of fused-ring (bicyclic) bond motifs is 3. The van der Waals surface area contributed by atoms with Crippen molar-refractivity contribution >= 4 is 22.5 Å². The summed E-state index contributed by atoms with van der Waals surface area (Å²) in [7, 11) is 0. The molecule has 4 rings (SSSR count). The number of nitriles is 1. The molecule has 0 spiro atoms. The van der Waals surface area contributed by atoms with E-state index in [1.54, 1.807) is 13.0 Å². The van der Waals surface area contributed by atoms with E-state index in [9.17, 15) is 22.8 Å². The van der Waals surface area contributed by atoms with Gasteiger partial charge in [0.05, 0.1) is 30.2 Å². The van der Waals surface area contributed by atoms with E-state index in [-0.39, 0.29) is 41.8 Å². The fraction of sp³-hybridized carbons (Fsp3) is 0.227. The summed E-state index contributed by atoms with van der Waals surface area (Å²) in [5.41, 5.74) is 0.217. The molecule has 7 nitrogen and oxygen atoms in total. The molecule has 0 saturated carbocycles. The molecule has 1 aromatic heterocycles. The zero-order valence-electron chi connectivity index (χ0n) is 16.8. The number of halogens is 3. The Balaban J connectivity index is 1.76. The van der Waals surface area contributed by atoms with Gasteiger partial charge >= 0.3 is 6.03 Å². The molecule has 164 valence electrons. The quantitative estimate of drug-likeness (QED) is 0.642. The standard InChI is InChI=1S/C22H17F3N4O3/c1-2-29(22(31)27-12-3-4-15(23)11(5-12)8-26)19-10-32-9-18-20(19)13-6-16(24)17(25)7-14(13)21(30)28-18/h3-7,19H,2,9-10H2,1H3,(H,27,31)(H,28,30). The predicted octanol–water partition coefficient (Wildman–Crippen LogP) is 3.94. The van der Waals surface area contributed by atoms with Crippen molar-refractivity contribution in [3.63, 3.8) is 0 Å². The second-order valence-corrected chi connectivity index (χ2v) is 7.21. The fourth-order valence-electron chi connectivity index (χ4n) is 3.88. The van der Waals surface area contributed by atoms with Gasteiger partial charge in [-0.25, -0.2) is 18.0 Å². The van der Waals surface area contributed by atoms with E-state index in [0.717, 1.165) is 18.2 Å². The Bertz CT molecular complexity index is 1330. The highest BCUT2D eigenvalue weighted by atomic mass is 19.2. The average Bonchev–Trinajstić information content (AvgIpc) is 2.77. The number of hydrogen-bond acceptors (Lipinski definition) is 4. The molecule has 0 saturated heterocycles. The lowest BCUT2D eigenvalue weighted by molar-refractivity contribution is 0.0471. The third-order valence-corrected chi connectivity index (χ3v) is 5.36. The Kier molecular flexibility index (Phi) is 5.59. The zero-order valence-corrected chi connectivity index (χ0v) is 16.8. The van der Waals surface area contributed by atoms with Gasteiger partial charge in [-0.1, -0.05) is 0 Å². The summed E-state index contributed by atoms with van der Waals surface area (Å²) in [4.78, 5) is 29.4. The molecule has 1 aliphatic rings. The molecule has 1 unspecified atom stereocenters. The number of ether oxygens (including phenoxy) is 1. The van der Waals surface area contributed by atoms with Crippen LogP contribution in [0.4, 0.5) is 23.7 Å². The molecule has 0 aliphatic carbocycles. The molecule has 2 N–H and O–H groups in total. The monoisotopic (exact) mass is 442 g/mol. The third kappa shape index (κ3) is 3.67. The van der Waals surface area contributed by atoms with Crippen LogP contribution >= 0.6 is 0 Å². The van der Waals surface area contributed by atoms with E-state index >= 15 is 0 Å². The molecule has 2 amide bonds. The zero-order chi connectivity index (χ0) is 23.0. The largest absolute Gasteiger partial charge is 0.373 e. The molecule has 3 aromatic rings. The van der Waals surface area contributed by atoms with Crippen LogP contribution in [0.5, 0.6) is 0 Å². The van der Waals surface area contributed by atoms with Crippen LogP contribution < -0.4 is 10.9 Å². The van der Waals surface area contributed by atoms with E-state index in [0.29, 0.717) is 11.3 Å². The number of nitrogens with one attached hydrogen (secondary N) is 2. The van der Waals surface area contributed by atoms with Crippen molar-refractivity contribution in [1.82, 2.24) is 9.88 Å². The van der Waals surface area contributed by atoms with Crippen LogP contribution in [-0.2, 0) is 11.3 Å². The summed E-state index contributed by atoms with van der Waals surface area (Å²) < 4.78 is 46.9. The van der Waals surface area contributed by atoms with Crippen LogP contribution in [-0.4, -0.2) is 29.1 Å². The minimum Gasteiger partial charge on any atom is -0.373 e. The summed E-state index contributed by atoms with van der Waals surface area (Å²) in [5, 5.41) is 11.8. The molecule has 10 heteroatoms. The first-order chi connectivity index (χ1) is 15.3. The molecule has 0 radical (unpaired) electrons. The molecular formula is C22H17F3N4O3. The van der Waals surface area contributed by atoms with E-state index in [1.165, 1.54) is 17.0 Å². The van der Waals surface area contributed by atoms with E-state index in [2.05, 4.69) is 10.3 Å². The summed E-state index contributed by atoms with van der Waals surface area (Å²) >= 11 is 0. The van der Waals surface area contributed by atoms with Crippen molar-refractivity contribution in [3.8, 4) is 6.07 Å². The van der Waals surface area contributed by atoms with Gasteiger partial charge in [-0.2, -0.15) is 5.26 Å². The number of aromatic amines is 1. The number of benzene rings is 2. The number of nitrogens with zero attached hydrogens (tertiary/aromatic N) is 2. The smallest absolute Gasteiger partial charge is 0.322 e. The molecule has 0 fully saturated rings. The van der Waals surface area contributed by atoms with Gasteiger partial charge in [-0.15, -0.1) is 0 Å². The second kappa shape index (κ2) is 8.36. The Morgan fingerprint density at radius 3 is 2.62 bits per heavy atom. The number of pyridine rings is 1. The number of hydrogen-bond donors (Lipinski definition) is 2. The number of aromatic nitrogens is 1. The molecule has 0 bridgehead atoms. The number of carbonyl (C=O) groups is 1. The van der Waals surface area contributed by atoms with Crippen molar-refractivity contribution in [2.45, 2.75) is 19.6 Å². The van der Waals surface area contributed by atoms with Crippen LogP contribution in [0.25, 0.3) is 10.8 Å². The number of urea groups is 1. The maximum atomic E-state index is 14.0. The molecule has 32 heavy (non-hydrogen) atoms. The summed E-state index contributed by atoms with van der Waals surface area (Å²) in [5.74, 6) is -2.98. The number of amides is 2.